The summed E-state index contributed by atoms with van der Waals surface area (Å²) < 4.78 is 5.12. The number of H-pyrrole nitrogens is 1. The molecule has 1 aromatic heterocycles. The van der Waals surface area contributed by atoms with Crippen molar-refractivity contribution in [1.82, 2.24) is 10.2 Å². The third-order valence-corrected chi connectivity index (χ3v) is 1.90. The molecule has 0 unspecified atom stereocenters. The molecule has 1 aromatic carbocycles. The van der Waals surface area contributed by atoms with Gasteiger partial charge >= 0.3 is 0 Å². The van der Waals surface area contributed by atoms with E-state index < -0.39 is 0 Å². The zero-order valence-electron chi connectivity index (χ0n) is 7.44. The van der Waals surface area contributed by atoms with Crippen LogP contribution in [0.4, 0.5) is 5.82 Å². The van der Waals surface area contributed by atoms with Crippen LogP contribution in [-0.4, -0.2) is 23.4 Å². The van der Waals surface area contributed by atoms with E-state index in [4.69, 9.17) is 4.74 Å². The highest BCUT2D eigenvalue weighted by molar-refractivity contribution is 5.94. The molecule has 0 radical (unpaired) electrons. The molecule has 0 aliphatic rings. The zero-order valence-corrected chi connectivity index (χ0v) is 7.44. The van der Waals surface area contributed by atoms with Crippen molar-refractivity contribution in [2.24, 2.45) is 4.99 Å². The molecule has 0 aliphatic carbocycles. The zero-order chi connectivity index (χ0) is 9.97. The fourth-order valence-electron chi connectivity index (χ4n) is 1.32. The van der Waals surface area contributed by atoms with E-state index in [1.807, 2.05) is 6.07 Å². The molecule has 0 saturated heterocycles. The molecule has 0 amide bonds. The van der Waals surface area contributed by atoms with Crippen molar-refractivity contribution in [3.8, 4) is 5.75 Å². The number of carbonyl (C=O) groups excluding carboxylic acids is 1. The molecule has 5 heteroatoms. The van der Waals surface area contributed by atoms with Crippen LogP contribution >= 0.6 is 0 Å². The van der Waals surface area contributed by atoms with Crippen LogP contribution in [0.3, 0.4) is 0 Å². The van der Waals surface area contributed by atoms with Gasteiger partial charge in [0.2, 0.25) is 6.08 Å². The number of aromatic nitrogens is 2. The Morgan fingerprint density at radius 1 is 1.57 bits per heavy atom. The van der Waals surface area contributed by atoms with Gasteiger partial charge in [-0.2, -0.15) is 5.10 Å². The topological polar surface area (TPSA) is 67.3 Å². The summed E-state index contributed by atoms with van der Waals surface area (Å²) in [5.74, 6) is 0.998. The smallest absolute Gasteiger partial charge is 0.242 e. The maximum atomic E-state index is 10.1. The van der Waals surface area contributed by atoms with Crippen LogP contribution in [-0.2, 0) is 4.79 Å². The van der Waals surface area contributed by atoms with Gasteiger partial charge in [0, 0.05) is 0 Å². The molecule has 70 valence electrons. The van der Waals surface area contributed by atoms with E-state index in [0.717, 1.165) is 0 Å². The first-order chi connectivity index (χ1) is 6.86. The average molecular weight is 189 g/mol. The molecule has 0 spiro atoms. The van der Waals surface area contributed by atoms with Gasteiger partial charge in [0.05, 0.1) is 18.0 Å². The summed E-state index contributed by atoms with van der Waals surface area (Å²) in [5, 5.41) is 7.29. The van der Waals surface area contributed by atoms with E-state index in [0.29, 0.717) is 22.5 Å². The van der Waals surface area contributed by atoms with E-state index in [1.54, 1.807) is 19.2 Å². The number of fused-ring (bicyclic) bond motifs is 1. The molecule has 5 nitrogen and oxygen atoms in total. The predicted molar refractivity (Wildman–Crippen MR) is 50.4 cm³/mol. The predicted octanol–water partition coefficient (Wildman–Crippen LogP) is 1.54. The van der Waals surface area contributed by atoms with Gasteiger partial charge in [0.15, 0.2) is 5.82 Å². The highest BCUT2D eigenvalue weighted by Gasteiger charge is 2.09. The van der Waals surface area contributed by atoms with E-state index in [1.165, 1.54) is 6.08 Å². The minimum Gasteiger partial charge on any atom is -0.496 e. The largest absolute Gasteiger partial charge is 0.496 e. The fourth-order valence-corrected chi connectivity index (χ4v) is 1.32. The van der Waals surface area contributed by atoms with Gasteiger partial charge in [-0.05, 0) is 12.1 Å². The van der Waals surface area contributed by atoms with Crippen molar-refractivity contribution in [3.63, 3.8) is 0 Å². The van der Waals surface area contributed by atoms with E-state index >= 15 is 0 Å². The van der Waals surface area contributed by atoms with Crippen molar-refractivity contribution in [2.45, 2.75) is 0 Å². The monoisotopic (exact) mass is 189 g/mol. The van der Waals surface area contributed by atoms with E-state index in [2.05, 4.69) is 15.2 Å². The van der Waals surface area contributed by atoms with Crippen LogP contribution in [0.2, 0.25) is 0 Å². The Balaban J connectivity index is 2.80. The molecule has 14 heavy (non-hydrogen) atoms. The maximum absolute atomic E-state index is 10.1. The van der Waals surface area contributed by atoms with E-state index in [-0.39, 0.29) is 0 Å². The van der Waals surface area contributed by atoms with Crippen molar-refractivity contribution in [3.05, 3.63) is 18.2 Å². The number of hydrogen-bond acceptors (Lipinski definition) is 4. The van der Waals surface area contributed by atoms with Crippen LogP contribution in [0, 0.1) is 0 Å². The number of benzene rings is 1. The summed E-state index contributed by atoms with van der Waals surface area (Å²) in [5.41, 5.74) is 0.707. The van der Waals surface area contributed by atoms with E-state index in [9.17, 15) is 4.79 Å². The summed E-state index contributed by atoms with van der Waals surface area (Å²) in [6, 6.07) is 5.40. The number of rotatable bonds is 2. The summed E-state index contributed by atoms with van der Waals surface area (Å²) in [4.78, 5) is 13.6. The normalized spacial score (nSPS) is 9.79. The lowest BCUT2D eigenvalue weighted by Crippen LogP contribution is -1.82. The second kappa shape index (κ2) is 3.32. The van der Waals surface area contributed by atoms with Crippen LogP contribution in [0.5, 0.6) is 5.75 Å². The highest BCUT2D eigenvalue weighted by Crippen LogP contribution is 2.31. The first-order valence-corrected chi connectivity index (χ1v) is 3.95. The van der Waals surface area contributed by atoms with Gasteiger partial charge < -0.3 is 4.74 Å². The second-order valence-corrected chi connectivity index (χ2v) is 2.63. The van der Waals surface area contributed by atoms with Gasteiger partial charge in [-0.25, -0.2) is 4.79 Å². The van der Waals surface area contributed by atoms with Gasteiger partial charge in [-0.3, -0.25) is 5.10 Å². The summed E-state index contributed by atoms with van der Waals surface area (Å²) in [6.45, 7) is 0. The summed E-state index contributed by atoms with van der Waals surface area (Å²) in [7, 11) is 1.55. The van der Waals surface area contributed by atoms with Crippen LogP contribution in [0.1, 0.15) is 0 Å². The van der Waals surface area contributed by atoms with Crippen molar-refractivity contribution >= 4 is 22.8 Å². The number of hydrogen-bond donors (Lipinski definition) is 1. The summed E-state index contributed by atoms with van der Waals surface area (Å²) >= 11 is 0. The first-order valence-electron chi connectivity index (χ1n) is 3.95. The number of methoxy groups -OCH3 is 1. The first kappa shape index (κ1) is 8.47. The Morgan fingerprint density at radius 2 is 2.43 bits per heavy atom. The number of nitrogens with one attached hydrogen (secondary N) is 1. The molecule has 1 N–H and O–H groups in total. The molecular formula is C9H7N3O2. The quantitative estimate of drug-likeness (QED) is 0.575. The Morgan fingerprint density at radius 3 is 3.14 bits per heavy atom. The van der Waals surface area contributed by atoms with Crippen molar-refractivity contribution in [1.29, 1.82) is 0 Å². The third kappa shape index (κ3) is 1.16. The van der Waals surface area contributed by atoms with Crippen LogP contribution in [0.25, 0.3) is 10.9 Å². The second-order valence-electron chi connectivity index (χ2n) is 2.63. The lowest BCUT2D eigenvalue weighted by Gasteiger charge is -1.99. The molecule has 0 bridgehead atoms. The molecule has 0 atom stereocenters. The SMILES string of the molecule is COc1cccc2n[nH]c(N=C=O)c12. The minimum atomic E-state index is 0.368. The molecule has 0 saturated carbocycles. The van der Waals surface area contributed by atoms with Gasteiger partial charge in [0.1, 0.15) is 5.75 Å². The van der Waals surface area contributed by atoms with Crippen LogP contribution in [0.15, 0.2) is 23.2 Å². The minimum absolute atomic E-state index is 0.368. The van der Waals surface area contributed by atoms with Crippen LogP contribution < -0.4 is 4.74 Å². The Hall–Kier alpha value is -2.13. The van der Waals surface area contributed by atoms with Crippen molar-refractivity contribution < 1.29 is 9.53 Å². The Bertz CT molecular complexity index is 512. The molecule has 0 aliphatic heterocycles. The number of isocyanates is 1. The molecule has 2 rings (SSSR count). The molecular weight excluding hydrogens is 182 g/mol. The average Bonchev–Trinajstić information content (AvgIpc) is 2.62. The van der Waals surface area contributed by atoms with Gasteiger partial charge in [-0.1, -0.05) is 6.07 Å². The Labute approximate surface area is 79.4 Å². The fraction of sp³-hybridized carbons (Fsp3) is 0.111. The van der Waals surface area contributed by atoms with Gasteiger partial charge in [0.25, 0.3) is 0 Å². The number of ether oxygens (including phenoxy) is 1. The standard InChI is InChI=1S/C9H7N3O2/c1-14-7-4-2-3-6-8(7)9(10-5-13)12-11-6/h2-4H,1H3,(H,11,12). The summed E-state index contributed by atoms with van der Waals surface area (Å²) in [6.07, 6.45) is 1.46. The number of aliphatic imine (C=N–C) groups is 1. The lowest BCUT2D eigenvalue weighted by atomic mass is 10.2. The highest BCUT2D eigenvalue weighted by atomic mass is 16.5. The Kier molecular flexibility index (Phi) is 2.01. The lowest BCUT2D eigenvalue weighted by molar-refractivity contribution is 0.420. The van der Waals surface area contributed by atoms with Crippen molar-refractivity contribution in [2.75, 3.05) is 7.11 Å². The molecule has 1 heterocycles. The number of nitrogens with zero attached hydrogens (tertiary/aromatic N) is 2. The molecule has 0 fully saturated rings. The number of aromatic amines is 1. The van der Waals surface area contributed by atoms with Gasteiger partial charge in [-0.15, -0.1) is 4.99 Å². The third-order valence-electron chi connectivity index (χ3n) is 1.90. The molecule has 2 aromatic rings. The maximum Gasteiger partial charge on any atom is 0.242 e.